The van der Waals surface area contributed by atoms with Crippen LogP contribution >= 0.6 is 11.6 Å². The number of rotatable bonds is 3. The Labute approximate surface area is 99.3 Å². The summed E-state index contributed by atoms with van der Waals surface area (Å²) in [5.41, 5.74) is 1.43. The summed E-state index contributed by atoms with van der Waals surface area (Å²) in [5, 5.41) is 9.63. The van der Waals surface area contributed by atoms with Crippen LogP contribution in [-0.4, -0.2) is 18.2 Å². The van der Waals surface area contributed by atoms with E-state index in [4.69, 9.17) is 21.4 Å². The highest BCUT2D eigenvalue weighted by Gasteiger charge is 2.17. The summed E-state index contributed by atoms with van der Waals surface area (Å²) in [6.45, 7) is 3.48. The van der Waals surface area contributed by atoms with Gasteiger partial charge in [-0.2, -0.15) is 0 Å². The van der Waals surface area contributed by atoms with Gasteiger partial charge in [0, 0.05) is 10.6 Å². The van der Waals surface area contributed by atoms with Gasteiger partial charge in [0.2, 0.25) is 0 Å². The van der Waals surface area contributed by atoms with Crippen molar-refractivity contribution in [1.82, 2.24) is 0 Å². The van der Waals surface area contributed by atoms with Crippen molar-refractivity contribution in [3.63, 3.8) is 0 Å². The molecule has 0 aliphatic carbocycles. The Morgan fingerprint density at radius 1 is 1.38 bits per heavy atom. The number of aliphatic carboxylic acids is 1. The van der Waals surface area contributed by atoms with E-state index in [1.54, 1.807) is 32.0 Å². The van der Waals surface area contributed by atoms with Crippen LogP contribution in [0.2, 0.25) is 5.02 Å². The molecule has 86 valence electrons. The molecule has 0 heterocycles. The first kappa shape index (κ1) is 12.6. The van der Waals surface area contributed by atoms with E-state index >= 15 is 0 Å². The molecule has 0 atom stereocenters. The largest absolute Gasteiger partial charge is 0.496 e. The molecule has 0 bridgehead atoms. The predicted molar refractivity (Wildman–Crippen MR) is 63.9 cm³/mol. The van der Waals surface area contributed by atoms with Gasteiger partial charge in [-0.25, -0.2) is 4.79 Å². The first-order valence-electron chi connectivity index (χ1n) is 4.72. The molecule has 4 heteroatoms. The van der Waals surface area contributed by atoms with E-state index in [1.807, 2.05) is 0 Å². The molecule has 0 saturated carbocycles. The third kappa shape index (κ3) is 2.55. The van der Waals surface area contributed by atoms with Crippen LogP contribution in [-0.2, 0) is 4.79 Å². The van der Waals surface area contributed by atoms with Crippen LogP contribution in [0.1, 0.15) is 19.4 Å². The van der Waals surface area contributed by atoms with Crippen molar-refractivity contribution in [3.05, 3.63) is 34.4 Å². The molecule has 1 aromatic rings. The first-order chi connectivity index (χ1) is 7.47. The van der Waals surface area contributed by atoms with E-state index in [-0.39, 0.29) is 5.57 Å². The van der Waals surface area contributed by atoms with Crippen molar-refractivity contribution in [3.8, 4) is 5.75 Å². The van der Waals surface area contributed by atoms with Crippen LogP contribution in [0, 0.1) is 0 Å². The maximum atomic E-state index is 11.2. The minimum atomic E-state index is -0.986. The summed E-state index contributed by atoms with van der Waals surface area (Å²) < 4.78 is 5.13. The number of carboxylic acid groups (broad SMARTS) is 1. The van der Waals surface area contributed by atoms with E-state index in [2.05, 4.69) is 0 Å². The summed E-state index contributed by atoms with van der Waals surface area (Å²) >= 11 is 5.86. The van der Waals surface area contributed by atoms with E-state index in [0.29, 0.717) is 21.9 Å². The zero-order valence-electron chi connectivity index (χ0n) is 9.37. The Morgan fingerprint density at radius 3 is 2.44 bits per heavy atom. The Balaban J connectivity index is 3.46. The van der Waals surface area contributed by atoms with Crippen LogP contribution in [0.25, 0.3) is 5.57 Å². The van der Waals surface area contributed by atoms with Crippen LogP contribution in [0.5, 0.6) is 5.75 Å². The molecule has 0 aliphatic heterocycles. The lowest BCUT2D eigenvalue weighted by Crippen LogP contribution is -2.03. The molecule has 0 aromatic heterocycles. The third-order valence-corrected chi connectivity index (χ3v) is 2.38. The number of ether oxygens (including phenoxy) is 1. The second-order valence-corrected chi connectivity index (χ2v) is 3.96. The fourth-order valence-electron chi connectivity index (χ4n) is 1.47. The molecule has 0 fully saturated rings. The van der Waals surface area contributed by atoms with Gasteiger partial charge in [0.05, 0.1) is 12.7 Å². The SMILES string of the molecule is COc1ccc(Cl)cc1C(C(=O)O)=C(C)C. The maximum absolute atomic E-state index is 11.2. The molecule has 0 saturated heterocycles. The van der Waals surface area contributed by atoms with Crippen LogP contribution < -0.4 is 4.74 Å². The number of carboxylic acids is 1. The van der Waals surface area contributed by atoms with Gasteiger partial charge < -0.3 is 9.84 Å². The Morgan fingerprint density at radius 2 is 2.00 bits per heavy atom. The normalized spacial score (nSPS) is 9.75. The summed E-state index contributed by atoms with van der Waals surface area (Å²) in [6, 6.07) is 4.91. The fourth-order valence-corrected chi connectivity index (χ4v) is 1.65. The van der Waals surface area contributed by atoms with Crippen molar-refractivity contribution in [1.29, 1.82) is 0 Å². The summed E-state index contributed by atoms with van der Waals surface area (Å²) in [6.07, 6.45) is 0. The monoisotopic (exact) mass is 240 g/mol. The molecule has 0 amide bonds. The lowest BCUT2D eigenvalue weighted by atomic mass is 10.0. The lowest BCUT2D eigenvalue weighted by Gasteiger charge is -2.11. The van der Waals surface area contributed by atoms with Gasteiger partial charge in [0.1, 0.15) is 5.75 Å². The summed E-state index contributed by atoms with van der Waals surface area (Å²) in [7, 11) is 1.50. The average molecular weight is 241 g/mol. The lowest BCUT2D eigenvalue weighted by molar-refractivity contribution is -0.130. The second-order valence-electron chi connectivity index (χ2n) is 3.52. The zero-order valence-corrected chi connectivity index (χ0v) is 10.1. The molecule has 16 heavy (non-hydrogen) atoms. The number of carbonyl (C=O) groups is 1. The van der Waals surface area contributed by atoms with Gasteiger partial charge in [-0.15, -0.1) is 0 Å². The smallest absolute Gasteiger partial charge is 0.336 e. The molecule has 0 spiro atoms. The topological polar surface area (TPSA) is 46.5 Å². The number of hydrogen-bond donors (Lipinski definition) is 1. The number of halogens is 1. The number of allylic oxidation sites excluding steroid dienone is 1. The van der Waals surface area contributed by atoms with Gasteiger partial charge in [-0.3, -0.25) is 0 Å². The van der Waals surface area contributed by atoms with Crippen molar-refractivity contribution < 1.29 is 14.6 Å². The van der Waals surface area contributed by atoms with Crippen LogP contribution in [0.15, 0.2) is 23.8 Å². The zero-order chi connectivity index (χ0) is 12.3. The molecular weight excluding hydrogens is 228 g/mol. The third-order valence-electron chi connectivity index (χ3n) is 2.14. The maximum Gasteiger partial charge on any atom is 0.336 e. The Hall–Kier alpha value is -1.48. The standard InChI is InChI=1S/C12H13ClO3/c1-7(2)11(12(14)15)9-6-8(13)4-5-10(9)16-3/h4-6H,1-3H3,(H,14,15). The van der Waals surface area contributed by atoms with Crippen LogP contribution in [0.3, 0.4) is 0 Å². The Bertz CT molecular complexity index is 446. The molecular formula is C12H13ClO3. The van der Waals surface area contributed by atoms with E-state index < -0.39 is 5.97 Å². The van der Waals surface area contributed by atoms with Crippen molar-refractivity contribution >= 4 is 23.1 Å². The number of methoxy groups -OCH3 is 1. The minimum Gasteiger partial charge on any atom is -0.496 e. The first-order valence-corrected chi connectivity index (χ1v) is 5.10. The quantitative estimate of drug-likeness (QED) is 0.826. The number of hydrogen-bond acceptors (Lipinski definition) is 2. The van der Waals surface area contributed by atoms with E-state index in [1.165, 1.54) is 7.11 Å². The minimum absolute atomic E-state index is 0.222. The van der Waals surface area contributed by atoms with Gasteiger partial charge in [0.25, 0.3) is 0 Å². The van der Waals surface area contributed by atoms with Gasteiger partial charge >= 0.3 is 5.97 Å². The highest BCUT2D eigenvalue weighted by molar-refractivity contribution is 6.31. The molecule has 0 radical (unpaired) electrons. The molecule has 1 N–H and O–H groups in total. The van der Waals surface area contributed by atoms with E-state index in [0.717, 1.165) is 0 Å². The summed E-state index contributed by atoms with van der Waals surface area (Å²) in [5.74, 6) is -0.483. The molecule has 0 aliphatic rings. The summed E-state index contributed by atoms with van der Waals surface area (Å²) in [4.78, 5) is 11.2. The van der Waals surface area contributed by atoms with Gasteiger partial charge in [0.15, 0.2) is 0 Å². The van der Waals surface area contributed by atoms with Crippen LogP contribution in [0.4, 0.5) is 0 Å². The predicted octanol–water partition coefficient (Wildman–Crippen LogP) is 3.23. The van der Waals surface area contributed by atoms with Gasteiger partial charge in [-0.05, 0) is 32.0 Å². The van der Waals surface area contributed by atoms with Gasteiger partial charge in [-0.1, -0.05) is 17.2 Å². The molecule has 1 aromatic carbocycles. The molecule has 3 nitrogen and oxygen atoms in total. The van der Waals surface area contributed by atoms with E-state index in [9.17, 15) is 4.79 Å². The molecule has 0 unspecified atom stereocenters. The Kier molecular flexibility index (Phi) is 3.96. The fraction of sp³-hybridized carbons (Fsp3) is 0.250. The van der Waals surface area contributed by atoms with Crippen molar-refractivity contribution in [2.45, 2.75) is 13.8 Å². The van der Waals surface area contributed by atoms with Crippen molar-refractivity contribution in [2.75, 3.05) is 7.11 Å². The second kappa shape index (κ2) is 5.03. The highest BCUT2D eigenvalue weighted by Crippen LogP contribution is 2.31. The highest BCUT2D eigenvalue weighted by atomic mass is 35.5. The van der Waals surface area contributed by atoms with Crippen molar-refractivity contribution in [2.24, 2.45) is 0 Å². The average Bonchev–Trinajstić information content (AvgIpc) is 2.17. The number of benzene rings is 1. The molecule has 1 rings (SSSR count).